The number of nitrogens with two attached hydrogens (primary N) is 2. The van der Waals surface area contributed by atoms with Crippen molar-refractivity contribution in [3.05, 3.63) is 23.9 Å². The van der Waals surface area contributed by atoms with E-state index in [1.807, 2.05) is 0 Å². The van der Waals surface area contributed by atoms with Crippen molar-refractivity contribution in [1.82, 2.24) is 0 Å². The second-order valence-electron chi connectivity index (χ2n) is 2.81. The fourth-order valence-electron chi connectivity index (χ4n) is 1.19. The molecule has 0 spiro atoms. The Morgan fingerprint density at radius 3 is 2.27 bits per heavy atom. The van der Waals surface area contributed by atoms with Gasteiger partial charge in [0.2, 0.25) is 0 Å². The van der Waals surface area contributed by atoms with E-state index in [-0.39, 0.29) is 0 Å². The third kappa shape index (κ3) is 2.36. The summed E-state index contributed by atoms with van der Waals surface area (Å²) >= 11 is 3.31. The zero-order valence-electron chi connectivity index (χ0n) is 8.58. The molecule has 0 amide bonds. The van der Waals surface area contributed by atoms with E-state index in [9.17, 15) is 0 Å². The van der Waals surface area contributed by atoms with Gasteiger partial charge in [-0.05, 0) is 22.0 Å². The topological polar surface area (TPSA) is 70.5 Å². The molecular formula is C10H13BrN2O2. The van der Waals surface area contributed by atoms with Gasteiger partial charge in [-0.15, -0.1) is 0 Å². The molecule has 1 aromatic rings. The summed E-state index contributed by atoms with van der Waals surface area (Å²) in [6.07, 6.45) is 1.43. The van der Waals surface area contributed by atoms with Gasteiger partial charge in [-0.2, -0.15) is 0 Å². The first-order valence-electron chi connectivity index (χ1n) is 4.23. The summed E-state index contributed by atoms with van der Waals surface area (Å²) < 4.78 is 11.0. The first-order chi connectivity index (χ1) is 7.13. The zero-order valence-corrected chi connectivity index (χ0v) is 10.2. The van der Waals surface area contributed by atoms with Gasteiger partial charge in [-0.1, -0.05) is 0 Å². The van der Waals surface area contributed by atoms with E-state index < -0.39 is 0 Å². The molecular weight excluding hydrogens is 260 g/mol. The van der Waals surface area contributed by atoms with Gasteiger partial charge in [0.05, 0.1) is 14.2 Å². The summed E-state index contributed by atoms with van der Waals surface area (Å²) in [6.45, 7) is 0. The van der Waals surface area contributed by atoms with Gasteiger partial charge in [0, 0.05) is 28.0 Å². The van der Waals surface area contributed by atoms with Crippen LogP contribution in [0.25, 0.3) is 4.48 Å². The Morgan fingerprint density at radius 1 is 1.27 bits per heavy atom. The van der Waals surface area contributed by atoms with Gasteiger partial charge in [-0.3, -0.25) is 0 Å². The maximum Gasteiger partial charge on any atom is 0.162 e. The number of halogens is 1. The highest BCUT2D eigenvalue weighted by Crippen LogP contribution is 2.36. The minimum Gasteiger partial charge on any atom is -0.493 e. The molecule has 0 aromatic heterocycles. The van der Waals surface area contributed by atoms with Crippen LogP contribution >= 0.6 is 15.9 Å². The number of rotatable bonds is 3. The number of anilines is 1. The van der Waals surface area contributed by atoms with Crippen molar-refractivity contribution in [1.29, 1.82) is 0 Å². The Kier molecular flexibility index (Phi) is 3.85. The SMILES string of the molecule is COc1cc(N)c(/C(Br)=C\N)cc1OC. The Bertz CT molecular complexity index is 391. The van der Waals surface area contributed by atoms with Crippen LogP contribution in [0.1, 0.15) is 5.56 Å². The molecule has 0 radical (unpaired) electrons. The van der Waals surface area contributed by atoms with Crippen molar-refractivity contribution in [3.8, 4) is 11.5 Å². The first kappa shape index (κ1) is 11.7. The summed E-state index contributed by atoms with van der Waals surface area (Å²) in [7, 11) is 3.13. The van der Waals surface area contributed by atoms with E-state index in [1.54, 1.807) is 26.4 Å². The zero-order chi connectivity index (χ0) is 11.4. The summed E-state index contributed by atoms with van der Waals surface area (Å²) in [6, 6.07) is 3.46. The fraction of sp³-hybridized carbons (Fsp3) is 0.200. The molecule has 1 rings (SSSR count). The molecule has 82 valence electrons. The largest absolute Gasteiger partial charge is 0.493 e. The van der Waals surface area contributed by atoms with Gasteiger partial charge in [0.15, 0.2) is 11.5 Å². The van der Waals surface area contributed by atoms with Gasteiger partial charge >= 0.3 is 0 Å². The predicted octanol–water partition coefficient (Wildman–Crippen LogP) is 1.94. The molecule has 0 aliphatic carbocycles. The van der Waals surface area contributed by atoms with Crippen molar-refractivity contribution in [3.63, 3.8) is 0 Å². The van der Waals surface area contributed by atoms with Gasteiger partial charge in [0.1, 0.15) is 0 Å². The van der Waals surface area contributed by atoms with E-state index in [1.165, 1.54) is 6.20 Å². The molecule has 0 fully saturated rings. The van der Waals surface area contributed by atoms with E-state index in [4.69, 9.17) is 20.9 Å². The normalized spacial score (nSPS) is 11.3. The molecule has 4 N–H and O–H groups in total. The van der Waals surface area contributed by atoms with Crippen molar-refractivity contribution in [2.45, 2.75) is 0 Å². The van der Waals surface area contributed by atoms with Crippen LogP contribution in [0, 0.1) is 0 Å². The standard InChI is InChI=1S/C10H13BrN2O2/c1-14-9-3-6(7(11)5-12)8(13)4-10(9)15-2/h3-5H,12-13H2,1-2H3/b7-5+. The molecule has 0 aliphatic rings. The summed E-state index contributed by atoms with van der Waals surface area (Å²) in [5.41, 5.74) is 12.6. The molecule has 0 unspecified atom stereocenters. The van der Waals surface area contributed by atoms with Crippen LogP contribution < -0.4 is 20.9 Å². The van der Waals surface area contributed by atoms with Gasteiger partial charge in [0.25, 0.3) is 0 Å². The number of ether oxygens (including phenoxy) is 2. The van der Waals surface area contributed by atoms with Crippen molar-refractivity contribution in [2.24, 2.45) is 5.73 Å². The smallest absolute Gasteiger partial charge is 0.162 e. The molecule has 15 heavy (non-hydrogen) atoms. The molecule has 0 aliphatic heterocycles. The molecule has 0 bridgehead atoms. The van der Waals surface area contributed by atoms with Crippen LogP contribution in [-0.2, 0) is 0 Å². The van der Waals surface area contributed by atoms with Crippen LogP contribution in [-0.4, -0.2) is 14.2 Å². The first-order valence-corrected chi connectivity index (χ1v) is 5.02. The van der Waals surface area contributed by atoms with E-state index in [0.29, 0.717) is 21.7 Å². The molecule has 0 saturated carbocycles. The summed E-state index contributed by atoms with van der Waals surface area (Å²) in [5, 5.41) is 0. The van der Waals surface area contributed by atoms with Gasteiger partial charge in [-0.25, -0.2) is 0 Å². The highest BCUT2D eigenvalue weighted by Gasteiger charge is 2.10. The maximum atomic E-state index is 5.84. The minimum absolute atomic E-state index is 0.571. The number of hydrogen-bond donors (Lipinski definition) is 2. The van der Waals surface area contributed by atoms with Crippen LogP contribution in [0.15, 0.2) is 18.3 Å². The monoisotopic (exact) mass is 272 g/mol. The lowest BCUT2D eigenvalue weighted by Crippen LogP contribution is -1.97. The Hall–Kier alpha value is -1.36. The average molecular weight is 273 g/mol. The Balaban J connectivity index is 3.32. The highest BCUT2D eigenvalue weighted by atomic mass is 79.9. The second-order valence-corrected chi connectivity index (χ2v) is 3.66. The minimum atomic E-state index is 0.571. The molecule has 0 atom stereocenters. The van der Waals surface area contributed by atoms with E-state index in [2.05, 4.69) is 15.9 Å². The average Bonchev–Trinajstić information content (AvgIpc) is 2.27. The molecule has 1 aromatic carbocycles. The number of nitrogen functional groups attached to an aromatic ring is 1. The van der Waals surface area contributed by atoms with Crippen molar-refractivity contribution < 1.29 is 9.47 Å². The predicted molar refractivity (Wildman–Crippen MR) is 65.0 cm³/mol. The lowest BCUT2D eigenvalue weighted by molar-refractivity contribution is 0.355. The van der Waals surface area contributed by atoms with Crippen LogP contribution in [0.2, 0.25) is 0 Å². The summed E-state index contributed by atoms with van der Waals surface area (Å²) in [4.78, 5) is 0. The lowest BCUT2D eigenvalue weighted by atomic mass is 10.1. The van der Waals surface area contributed by atoms with Crippen LogP contribution in [0.3, 0.4) is 0 Å². The van der Waals surface area contributed by atoms with Crippen LogP contribution in [0.4, 0.5) is 5.69 Å². The second kappa shape index (κ2) is 4.93. The van der Waals surface area contributed by atoms with E-state index >= 15 is 0 Å². The number of benzene rings is 1. The molecule has 5 heteroatoms. The third-order valence-electron chi connectivity index (χ3n) is 1.96. The van der Waals surface area contributed by atoms with Crippen LogP contribution in [0.5, 0.6) is 11.5 Å². The fourth-order valence-corrected chi connectivity index (χ4v) is 1.53. The highest BCUT2D eigenvalue weighted by molar-refractivity contribution is 9.15. The van der Waals surface area contributed by atoms with Crippen molar-refractivity contribution >= 4 is 26.1 Å². The Morgan fingerprint density at radius 2 is 1.80 bits per heavy atom. The van der Waals surface area contributed by atoms with Gasteiger partial charge < -0.3 is 20.9 Å². The quantitative estimate of drug-likeness (QED) is 0.825. The maximum absolute atomic E-state index is 5.84. The molecule has 4 nitrogen and oxygen atoms in total. The van der Waals surface area contributed by atoms with E-state index in [0.717, 1.165) is 5.56 Å². The third-order valence-corrected chi connectivity index (χ3v) is 2.65. The molecule has 0 saturated heterocycles. The Labute approximate surface area is 97.0 Å². The lowest BCUT2D eigenvalue weighted by Gasteiger charge is -2.11. The van der Waals surface area contributed by atoms with Crippen molar-refractivity contribution in [2.75, 3.05) is 20.0 Å². The number of methoxy groups -OCH3 is 2. The number of hydrogen-bond acceptors (Lipinski definition) is 4. The molecule has 0 heterocycles. The summed E-state index contributed by atoms with van der Waals surface area (Å²) in [5.74, 6) is 1.21.